The number of nitrogens with two attached hydrogens (primary N) is 1. The molecule has 1 aromatic rings. The van der Waals surface area contributed by atoms with E-state index in [9.17, 15) is 13.2 Å². The van der Waals surface area contributed by atoms with E-state index in [2.05, 4.69) is 0 Å². The zero-order valence-electron chi connectivity index (χ0n) is 14.4. The molecule has 1 aromatic heterocycles. The molecule has 0 spiro atoms. The summed E-state index contributed by atoms with van der Waals surface area (Å²) in [5, 5.41) is 0. The van der Waals surface area contributed by atoms with Crippen molar-refractivity contribution in [2.24, 2.45) is 5.73 Å². The van der Waals surface area contributed by atoms with E-state index in [1.54, 1.807) is 11.8 Å². The zero-order valence-corrected chi connectivity index (χ0v) is 16.1. The summed E-state index contributed by atoms with van der Waals surface area (Å²) in [5.74, 6) is 0.0910. The van der Waals surface area contributed by atoms with Gasteiger partial charge in [0.15, 0.2) is 5.76 Å². The van der Waals surface area contributed by atoms with Gasteiger partial charge in [0.2, 0.25) is 10.0 Å². The fourth-order valence-corrected chi connectivity index (χ4v) is 5.23. The van der Waals surface area contributed by atoms with Gasteiger partial charge in [-0.2, -0.15) is 4.31 Å². The van der Waals surface area contributed by atoms with E-state index in [4.69, 9.17) is 10.2 Å². The molecule has 2 aliphatic rings. The van der Waals surface area contributed by atoms with Crippen molar-refractivity contribution in [3.8, 4) is 0 Å². The van der Waals surface area contributed by atoms with Crippen molar-refractivity contribution in [3.63, 3.8) is 0 Å². The van der Waals surface area contributed by atoms with Crippen molar-refractivity contribution in [1.82, 2.24) is 9.21 Å². The molecule has 0 aromatic carbocycles. The minimum absolute atomic E-state index is 0. The lowest BCUT2D eigenvalue weighted by atomic mass is 10.0. The number of rotatable bonds is 4. The second-order valence-corrected chi connectivity index (χ2v) is 8.43. The molecule has 2 aliphatic heterocycles. The number of halogens is 1. The third kappa shape index (κ3) is 3.86. The van der Waals surface area contributed by atoms with Crippen LogP contribution in [-0.4, -0.2) is 55.8 Å². The van der Waals surface area contributed by atoms with Crippen molar-refractivity contribution < 1.29 is 17.6 Å². The van der Waals surface area contributed by atoms with Gasteiger partial charge in [-0.25, -0.2) is 8.42 Å². The molecule has 2 N–H and O–H groups in total. The number of hydrogen-bond acceptors (Lipinski definition) is 5. The van der Waals surface area contributed by atoms with E-state index >= 15 is 0 Å². The average Bonchev–Trinajstić information content (AvgIpc) is 3.24. The average molecular weight is 392 g/mol. The summed E-state index contributed by atoms with van der Waals surface area (Å²) < 4.78 is 32.4. The Hall–Kier alpha value is -1.09. The minimum Gasteiger partial charge on any atom is -0.455 e. The molecule has 142 valence electrons. The second-order valence-electron chi connectivity index (χ2n) is 6.53. The van der Waals surface area contributed by atoms with Gasteiger partial charge in [0.25, 0.3) is 5.91 Å². The normalized spacial score (nSPS) is 22.0. The van der Waals surface area contributed by atoms with Crippen LogP contribution in [0.2, 0.25) is 0 Å². The van der Waals surface area contributed by atoms with Gasteiger partial charge in [-0.1, -0.05) is 0 Å². The number of sulfonamides is 1. The van der Waals surface area contributed by atoms with Gasteiger partial charge >= 0.3 is 0 Å². The third-order valence-corrected chi connectivity index (χ3v) is 6.93. The lowest BCUT2D eigenvalue weighted by Crippen LogP contribution is -2.47. The first-order chi connectivity index (χ1) is 11.4. The first-order valence-electron chi connectivity index (χ1n) is 8.56. The first-order valence-corrected chi connectivity index (χ1v) is 10.0. The summed E-state index contributed by atoms with van der Waals surface area (Å²) in [4.78, 5) is 14.6. The lowest BCUT2D eigenvalue weighted by Gasteiger charge is -2.34. The van der Waals surface area contributed by atoms with Crippen LogP contribution in [0.3, 0.4) is 0 Å². The van der Waals surface area contributed by atoms with Crippen LogP contribution in [0.5, 0.6) is 0 Å². The van der Waals surface area contributed by atoms with Crippen LogP contribution in [0.25, 0.3) is 0 Å². The molecule has 2 saturated heterocycles. The summed E-state index contributed by atoms with van der Waals surface area (Å²) in [6.07, 6.45) is 4.60. The predicted octanol–water partition coefficient (Wildman–Crippen LogP) is 1.75. The molecule has 2 fully saturated rings. The Labute approximate surface area is 155 Å². The van der Waals surface area contributed by atoms with Crippen molar-refractivity contribution in [3.05, 3.63) is 17.6 Å². The fraction of sp³-hybridized carbons (Fsp3) is 0.688. The van der Waals surface area contributed by atoms with Crippen LogP contribution in [0.1, 0.15) is 48.4 Å². The van der Waals surface area contributed by atoms with Gasteiger partial charge < -0.3 is 15.1 Å². The summed E-state index contributed by atoms with van der Waals surface area (Å²) >= 11 is 0. The van der Waals surface area contributed by atoms with E-state index in [1.165, 1.54) is 10.4 Å². The first kappa shape index (κ1) is 20.2. The second kappa shape index (κ2) is 8.07. The van der Waals surface area contributed by atoms with Gasteiger partial charge in [0.05, 0.1) is 0 Å². The molecule has 9 heteroatoms. The van der Waals surface area contributed by atoms with Crippen molar-refractivity contribution in [1.29, 1.82) is 0 Å². The highest BCUT2D eigenvalue weighted by Gasteiger charge is 2.34. The van der Waals surface area contributed by atoms with E-state index in [1.807, 2.05) is 0 Å². The van der Waals surface area contributed by atoms with Crippen LogP contribution in [0.15, 0.2) is 15.4 Å². The Balaban J connectivity index is 0.00000225. The summed E-state index contributed by atoms with van der Waals surface area (Å²) in [6, 6.07) is 1.38. The molecule has 3 rings (SSSR count). The van der Waals surface area contributed by atoms with Crippen LogP contribution < -0.4 is 5.73 Å². The Morgan fingerprint density at radius 1 is 1.24 bits per heavy atom. The number of carbonyl (C=O) groups is 1. The molecule has 3 heterocycles. The van der Waals surface area contributed by atoms with Crippen molar-refractivity contribution >= 4 is 28.3 Å². The summed E-state index contributed by atoms with van der Waals surface area (Å²) in [6.45, 7) is 3.69. The maximum Gasteiger partial charge on any atom is 0.289 e. The molecular weight excluding hydrogens is 366 g/mol. The van der Waals surface area contributed by atoms with Crippen molar-refractivity contribution in [2.45, 2.75) is 50.0 Å². The largest absolute Gasteiger partial charge is 0.455 e. The number of piperidine rings is 1. The number of hydrogen-bond donors (Lipinski definition) is 1. The molecule has 1 unspecified atom stereocenters. The quantitative estimate of drug-likeness (QED) is 0.843. The van der Waals surface area contributed by atoms with Gasteiger partial charge in [-0.3, -0.25) is 4.79 Å². The summed E-state index contributed by atoms with van der Waals surface area (Å²) in [7, 11) is -3.59. The van der Waals surface area contributed by atoms with Gasteiger partial charge in [-0.15, -0.1) is 12.4 Å². The number of furan rings is 1. The van der Waals surface area contributed by atoms with Crippen LogP contribution in [0, 0.1) is 6.92 Å². The van der Waals surface area contributed by atoms with Crippen molar-refractivity contribution in [2.75, 3.05) is 26.2 Å². The minimum atomic E-state index is -3.59. The smallest absolute Gasteiger partial charge is 0.289 e. The Bertz CT molecular complexity index is 713. The predicted molar refractivity (Wildman–Crippen MR) is 96.4 cm³/mol. The lowest BCUT2D eigenvalue weighted by molar-refractivity contribution is 0.0589. The molecule has 7 nitrogen and oxygen atoms in total. The number of aryl methyl sites for hydroxylation is 1. The van der Waals surface area contributed by atoms with E-state index < -0.39 is 10.0 Å². The third-order valence-electron chi connectivity index (χ3n) is 4.93. The number of amides is 1. The SMILES string of the molecule is Cc1oc(C(=O)N2CCCCC2CN)cc1S(=O)(=O)N1CCCC1.Cl. The Morgan fingerprint density at radius 3 is 2.52 bits per heavy atom. The van der Waals surface area contributed by atoms with Gasteiger partial charge in [0.1, 0.15) is 10.7 Å². The van der Waals surface area contributed by atoms with Gasteiger partial charge in [-0.05, 0) is 39.0 Å². The number of likely N-dealkylation sites (tertiary alicyclic amines) is 1. The fourth-order valence-electron chi connectivity index (χ4n) is 3.55. The highest BCUT2D eigenvalue weighted by molar-refractivity contribution is 7.89. The molecular formula is C16H26ClN3O4S. The standard InChI is InChI=1S/C16H25N3O4S.ClH/c1-12-15(24(21,22)18-7-4-5-8-18)10-14(23-12)16(20)19-9-3-2-6-13(19)11-17;/h10,13H,2-9,11,17H2,1H3;1H. The Morgan fingerprint density at radius 2 is 1.88 bits per heavy atom. The highest BCUT2D eigenvalue weighted by atomic mass is 35.5. The maximum atomic E-state index is 12.8. The molecule has 0 radical (unpaired) electrons. The molecule has 0 aliphatic carbocycles. The molecule has 25 heavy (non-hydrogen) atoms. The summed E-state index contributed by atoms with van der Waals surface area (Å²) in [5.41, 5.74) is 5.77. The van der Waals surface area contributed by atoms with E-state index in [-0.39, 0.29) is 40.8 Å². The molecule has 1 atom stereocenters. The highest BCUT2D eigenvalue weighted by Crippen LogP contribution is 2.28. The molecule has 0 bridgehead atoms. The monoisotopic (exact) mass is 391 g/mol. The topological polar surface area (TPSA) is 96.8 Å². The number of carbonyl (C=O) groups excluding carboxylic acids is 1. The maximum absolute atomic E-state index is 12.8. The molecule has 0 saturated carbocycles. The van der Waals surface area contributed by atoms with Gasteiger partial charge in [0, 0.05) is 38.3 Å². The van der Waals surface area contributed by atoms with Crippen LogP contribution in [0.4, 0.5) is 0 Å². The number of nitrogens with zero attached hydrogens (tertiary/aromatic N) is 2. The van der Waals surface area contributed by atoms with E-state index in [0.717, 1.165) is 32.1 Å². The zero-order chi connectivity index (χ0) is 17.3. The Kier molecular flexibility index (Phi) is 6.53. The van der Waals surface area contributed by atoms with Crippen LogP contribution in [-0.2, 0) is 10.0 Å². The molecule has 1 amide bonds. The van der Waals surface area contributed by atoms with Crippen LogP contribution >= 0.6 is 12.4 Å². The van der Waals surface area contributed by atoms with E-state index in [0.29, 0.717) is 26.2 Å².